The lowest BCUT2D eigenvalue weighted by Crippen LogP contribution is -2.28. The van der Waals surface area contributed by atoms with E-state index < -0.39 is 0 Å². The summed E-state index contributed by atoms with van der Waals surface area (Å²) in [6.07, 6.45) is 8.68. The van der Waals surface area contributed by atoms with Crippen molar-refractivity contribution in [3.63, 3.8) is 0 Å². The van der Waals surface area contributed by atoms with Crippen molar-refractivity contribution in [1.82, 2.24) is 9.55 Å². The van der Waals surface area contributed by atoms with Crippen molar-refractivity contribution in [3.05, 3.63) is 34.4 Å². The summed E-state index contributed by atoms with van der Waals surface area (Å²) in [7, 11) is 0. The maximum Gasteiger partial charge on any atom is 0.258 e. The molecule has 1 fully saturated rings. The van der Waals surface area contributed by atoms with E-state index in [0.717, 1.165) is 12.5 Å². The zero-order valence-corrected chi connectivity index (χ0v) is 9.97. The molecule has 2 N–H and O–H groups in total. The van der Waals surface area contributed by atoms with E-state index in [-0.39, 0.29) is 5.56 Å². The summed E-state index contributed by atoms with van der Waals surface area (Å²) in [4.78, 5) is 16.1. The molecule has 0 radical (unpaired) electrons. The van der Waals surface area contributed by atoms with Gasteiger partial charge in [0, 0.05) is 6.54 Å². The van der Waals surface area contributed by atoms with E-state index in [1.165, 1.54) is 12.8 Å². The van der Waals surface area contributed by atoms with Gasteiger partial charge in [-0.1, -0.05) is 12.2 Å². The second kappa shape index (κ2) is 3.72. The molecule has 1 aromatic rings. The smallest absolute Gasteiger partial charge is 0.258 e. The lowest BCUT2D eigenvalue weighted by atomic mass is 9.93. The highest BCUT2D eigenvalue weighted by Crippen LogP contribution is 2.43. The topological polar surface area (TPSA) is 60.9 Å². The molecule has 90 valence electrons. The van der Waals surface area contributed by atoms with Crippen LogP contribution in [-0.2, 0) is 6.54 Å². The molecule has 2 aliphatic rings. The number of nitrogens with two attached hydrogens (primary N) is 1. The molecule has 0 saturated heterocycles. The van der Waals surface area contributed by atoms with Crippen LogP contribution in [0.2, 0.25) is 0 Å². The molecular formula is C13H17N3O. The first kappa shape index (κ1) is 10.6. The number of hydrogen-bond donors (Lipinski definition) is 1. The van der Waals surface area contributed by atoms with E-state index >= 15 is 0 Å². The fourth-order valence-corrected chi connectivity index (χ4v) is 3.09. The number of aromatic nitrogens is 2. The molecule has 0 aromatic carbocycles. The maximum absolute atomic E-state index is 12.0. The van der Waals surface area contributed by atoms with Gasteiger partial charge in [0.1, 0.15) is 5.82 Å². The average Bonchev–Trinajstić information content (AvgIpc) is 2.92. The van der Waals surface area contributed by atoms with Gasteiger partial charge in [0.2, 0.25) is 0 Å². The third kappa shape index (κ3) is 1.68. The summed E-state index contributed by atoms with van der Waals surface area (Å²) >= 11 is 0. The average molecular weight is 231 g/mol. The molecule has 3 atom stereocenters. The van der Waals surface area contributed by atoms with Gasteiger partial charge in [-0.05, 0) is 37.5 Å². The lowest BCUT2D eigenvalue weighted by molar-refractivity contribution is 0.376. The maximum atomic E-state index is 12.0. The molecule has 2 aliphatic carbocycles. The number of hydrogen-bond acceptors (Lipinski definition) is 3. The van der Waals surface area contributed by atoms with Crippen LogP contribution < -0.4 is 11.3 Å². The van der Waals surface area contributed by atoms with Crippen molar-refractivity contribution in [2.45, 2.75) is 26.3 Å². The van der Waals surface area contributed by atoms with Crippen molar-refractivity contribution < 1.29 is 0 Å². The quantitative estimate of drug-likeness (QED) is 0.781. The summed E-state index contributed by atoms with van der Waals surface area (Å²) in [5, 5.41) is 0. The molecule has 1 saturated carbocycles. The minimum Gasteiger partial charge on any atom is -0.383 e. The van der Waals surface area contributed by atoms with Gasteiger partial charge in [0.15, 0.2) is 0 Å². The zero-order chi connectivity index (χ0) is 12.0. The molecule has 1 aromatic heterocycles. The molecule has 0 aliphatic heterocycles. The van der Waals surface area contributed by atoms with E-state index in [4.69, 9.17) is 5.73 Å². The van der Waals surface area contributed by atoms with Gasteiger partial charge in [-0.15, -0.1) is 0 Å². The van der Waals surface area contributed by atoms with Crippen molar-refractivity contribution in [1.29, 1.82) is 0 Å². The number of allylic oxidation sites excluding steroid dienone is 2. The van der Waals surface area contributed by atoms with E-state index in [0.29, 0.717) is 23.2 Å². The van der Waals surface area contributed by atoms with Crippen LogP contribution in [0, 0.1) is 24.7 Å². The van der Waals surface area contributed by atoms with E-state index in [1.807, 2.05) is 0 Å². The Labute approximate surface area is 100 Å². The highest BCUT2D eigenvalue weighted by atomic mass is 16.1. The van der Waals surface area contributed by atoms with Crippen LogP contribution in [0.25, 0.3) is 0 Å². The number of fused-ring (bicyclic) bond motifs is 2. The Hall–Kier alpha value is -1.58. The van der Waals surface area contributed by atoms with Gasteiger partial charge >= 0.3 is 0 Å². The van der Waals surface area contributed by atoms with Crippen LogP contribution in [-0.4, -0.2) is 9.55 Å². The van der Waals surface area contributed by atoms with Crippen LogP contribution in [0.3, 0.4) is 0 Å². The second-order valence-corrected chi connectivity index (χ2v) is 5.25. The second-order valence-electron chi connectivity index (χ2n) is 5.25. The van der Waals surface area contributed by atoms with E-state index in [1.54, 1.807) is 17.8 Å². The summed E-state index contributed by atoms with van der Waals surface area (Å²) in [6, 6.07) is 0. The van der Waals surface area contributed by atoms with Gasteiger partial charge in [0.25, 0.3) is 5.56 Å². The SMILES string of the molecule is Cc1c(N)ncn(C[C@@H]2C[C@@H]3C=C[C@H]2C3)c1=O. The lowest BCUT2D eigenvalue weighted by Gasteiger charge is -2.19. The summed E-state index contributed by atoms with van der Waals surface area (Å²) in [6.45, 7) is 2.51. The Morgan fingerprint density at radius 3 is 2.94 bits per heavy atom. The molecule has 4 nitrogen and oxygen atoms in total. The first-order chi connectivity index (χ1) is 8.15. The molecule has 0 unspecified atom stereocenters. The number of anilines is 1. The van der Waals surface area contributed by atoms with Crippen LogP contribution in [0.4, 0.5) is 5.82 Å². The Bertz CT molecular complexity index is 532. The standard InChI is InChI=1S/C13H17N3O/c1-8-12(14)15-7-16(13(8)17)6-11-5-9-2-3-10(11)4-9/h2-3,7,9-11H,4-6,14H2,1H3/t9-,10+,11+/m1/s1. The Kier molecular flexibility index (Phi) is 2.31. The van der Waals surface area contributed by atoms with Gasteiger partial charge < -0.3 is 5.73 Å². The Morgan fingerprint density at radius 1 is 1.47 bits per heavy atom. The zero-order valence-electron chi connectivity index (χ0n) is 9.97. The highest BCUT2D eigenvalue weighted by Gasteiger charge is 2.35. The van der Waals surface area contributed by atoms with Crippen LogP contribution in [0.1, 0.15) is 18.4 Å². The number of nitrogens with zero attached hydrogens (tertiary/aromatic N) is 2. The normalized spacial score (nSPS) is 30.1. The van der Waals surface area contributed by atoms with Crippen molar-refractivity contribution in [3.8, 4) is 0 Å². The van der Waals surface area contributed by atoms with Gasteiger partial charge in [-0.2, -0.15) is 0 Å². The third-order valence-corrected chi connectivity index (χ3v) is 4.15. The van der Waals surface area contributed by atoms with Gasteiger partial charge in [-0.25, -0.2) is 4.98 Å². The first-order valence-electron chi connectivity index (χ1n) is 6.15. The largest absolute Gasteiger partial charge is 0.383 e. The minimum atomic E-state index is 0.00394. The van der Waals surface area contributed by atoms with Gasteiger partial charge in [0.05, 0.1) is 11.9 Å². The summed E-state index contributed by atoms with van der Waals surface area (Å²) in [5.74, 6) is 2.33. The predicted octanol–water partition coefficient (Wildman–Crippen LogP) is 1.35. The summed E-state index contributed by atoms with van der Waals surface area (Å²) in [5.41, 5.74) is 6.19. The molecular weight excluding hydrogens is 214 g/mol. The van der Waals surface area contributed by atoms with Crippen LogP contribution in [0.15, 0.2) is 23.3 Å². The monoisotopic (exact) mass is 231 g/mol. The van der Waals surface area contributed by atoms with Crippen LogP contribution in [0.5, 0.6) is 0 Å². The highest BCUT2D eigenvalue weighted by molar-refractivity contribution is 5.35. The fourth-order valence-electron chi connectivity index (χ4n) is 3.09. The number of rotatable bonds is 2. The number of nitrogen functional groups attached to an aromatic ring is 1. The summed E-state index contributed by atoms with van der Waals surface area (Å²) < 4.78 is 1.71. The van der Waals surface area contributed by atoms with E-state index in [9.17, 15) is 4.79 Å². The Morgan fingerprint density at radius 2 is 2.29 bits per heavy atom. The van der Waals surface area contributed by atoms with Crippen molar-refractivity contribution in [2.75, 3.05) is 5.73 Å². The minimum absolute atomic E-state index is 0.00394. The Balaban J connectivity index is 1.85. The molecule has 0 amide bonds. The van der Waals surface area contributed by atoms with Crippen LogP contribution >= 0.6 is 0 Å². The van der Waals surface area contributed by atoms with Gasteiger partial charge in [-0.3, -0.25) is 9.36 Å². The first-order valence-corrected chi connectivity index (χ1v) is 6.15. The predicted molar refractivity (Wildman–Crippen MR) is 66.5 cm³/mol. The van der Waals surface area contributed by atoms with Crippen molar-refractivity contribution in [2.24, 2.45) is 17.8 Å². The molecule has 17 heavy (non-hydrogen) atoms. The third-order valence-electron chi connectivity index (χ3n) is 4.15. The van der Waals surface area contributed by atoms with E-state index in [2.05, 4.69) is 17.1 Å². The molecule has 4 heteroatoms. The molecule has 0 spiro atoms. The van der Waals surface area contributed by atoms with Crippen molar-refractivity contribution >= 4 is 5.82 Å². The molecule has 2 bridgehead atoms. The molecule has 1 heterocycles. The molecule has 3 rings (SSSR count). The fraction of sp³-hybridized carbons (Fsp3) is 0.538.